The number of rotatable bonds is 8. The van der Waals surface area contributed by atoms with Crippen LogP contribution < -0.4 is 5.32 Å². The van der Waals surface area contributed by atoms with E-state index in [1.54, 1.807) is 11.8 Å². The fraction of sp³-hybridized carbons (Fsp3) is 0.417. The topological polar surface area (TPSA) is 67.9 Å². The Morgan fingerprint density at radius 1 is 1.03 bits per heavy atom. The van der Waals surface area contributed by atoms with Gasteiger partial charge in [-0.3, -0.25) is 4.79 Å². The molecule has 6 nitrogen and oxygen atoms in total. The highest BCUT2D eigenvalue weighted by atomic mass is 16.6. The van der Waals surface area contributed by atoms with E-state index in [4.69, 9.17) is 9.47 Å². The summed E-state index contributed by atoms with van der Waals surface area (Å²) in [4.78, 5) is 26.7. The second kappa shape index (κ2) is 10.8. The molecule has 1 atom stereocenters. The highest BCUT2D eigenvalue weighted by Gasteiger charge is 2.22. The second-order valence-corrected chi connectivity index (χ2v) is 8.08. The van der Waals surface area contributed by atoms with Gasteiger partial charge < -0.3 is 19.7 Å². The molecule has 2 rings (SSSR count). The van der Waals surface area contributed by atoms with E-state index < -0.39 is 11.7 Å². The molecule has 0 fully saturated rings. The van der Waals surface area contributed by atoms with Gasteiger partial charge in [-0.1, -0.05) is 48.5 Å². The van der Waals surface area contributed by atoms with Crippen LogP contribution in [0.3, 0.4) is 0 Å². The van der Waals surface area contributed by atoms with Gasteiger partial charge in [0.05, 0.1) is 13.2 Å². The number of hydrogen-bond donors (Lipinski definition) is 1. The molecule has 0 saturated heterocycles. The number of ether oxygens (including phenoxy) is 2. The highest BCUT2D eigenvalue weighted by Crippen LogP contribution is 2.20. The molecular weight excluding hydrogens is 380 g/mol. The van der Waals surface area contributed by atoms with Crippen LogP contribution in [-0.4, -0.2) is 35.2 Å². The largest absolute Gasteiger partial charge is 0.444 e. The predicted molar refractivity (Wildman–Crippen MR) is 118 cm³/mol. The van der Waals surface area contributed by atoms with Crippen molar-refractivity contribution in [1.82, 2.24) is 4.90 Å². The number of carbonyl (C=O) groups excluding carboxylic acids is 2. The second-order valence-electron chi connectivity index (χ2n) is 8.08. The fourth-order valence-electron chi connectivity index (χ4n) is 2.72. The number of nitrogens with one attached hydrogen (secondary N) is 1. The number of amides is 2. The summed E-state index contributed by atoms with van der Waals surface area (Å²) in [6.07, 6.45) is -1.00. The van der Waals surface area contributed by atoms with Crippen molar-refractivity contribution in [2.75, 3.05) is 11.9 Å². The summed E-state index contributed by atoms with van der Waals surface area (Å²) in [6, 6.07) is 17.1. The van der Waals surface area contributed by atoms with E-state index in [0.717, 1.165) is 11.1 Å². The Hall–Kier alpha value is -2.86. The summed E-state index contributed by atoms with van der Waals surface area (Å²) in [5.74, 6) is -0.237. The molecule has 2 amide bonds. The third-order valence-electron chi connectivity index (χ3n) is 4.38. The van der Waals surface area contributed by atoms with E-state index in [1.165, 1.54) is 0 Å². The molecule has 0 radical (unpaired) electrons. The number of para-hydroxylation sites is 1. The van der Waals surface area contributed by atoms with E-state index >= 15 is 0 Å². The molecule has 0 saturated carbocycles. The van der Waals surface area contributed by atoms with E-state index in [-0.39, 0.29) is 12.0 Å². The predicted octanol–water partition coefficient (Wildman–Crippen LogP) is 4.99. The van der Waals surface area contributed by atoms with Gasteiger partial charge in [0.1, 0.15) is 11.7 Å². The van der Waals surface area contributed by atoms with Crippen molar-refractivity contribution < 1.29 is 19.1 Å². The molecule has 6 heteroatoms. The quantitative estimate of drug-likeness (QED) is 0.663. The third kappa shape index (κ3) is 7.52. The van der Waals surface area contributed by atoms with Gasteiger partial charge in [0, 0.05) is 12.2 Å². The molecule has 1 N–H and O–H groups in total. The van der Waals surface area contributed by atoms with Gasteiger partial charge in [-0.05, 0) is 51.8 Å². The summed E-state index contributed by atoms with van der Waals surface area (Å²) in [7, 11) is 0. The molecule has 2 aromatic carbocycles. The molecule has 30 heavy (non-hydrogen) atoms. The number of nitrogens with zero attached hydrogens (tertiary/aromatic N) is 1. The van der Waals surface area contributed by atoms with Crippen LogP contribution in [0.1, 0.15) is 45.7 Å². The zero-order chi connectivity index (χ0) is 22.1. The maximum atomic E-state index is 12.6. The lowest BCUT2D eigenvalue weighted by atomic mass is 10.1. The first-order chi connectivity index (χ1) is 14.2. The summed E-state index contributed by atoms with van der Waals surface area (Å²) in [5.41, 5.74) is 1.92. The van der Waals surface area contributed by atoms with Crippen LogP contribution in [0.25, 0.3) is 0 Å². The minimum absolute atomic E-state index is 0.237. The van der Waals surface area contributed by atoms with Crippen LogP contribution in [0.4, 0.5) is 10.5 Å². The van der Waals surface area contributed by atoms with Crippen LogP contribution in [0.2, 0.25) is 0 Å². The first-order valence-corrected chi connectivity index (χ1v) is 10.2. The normalized spacial score (nSPS) is 12.2. The van der Waals surface area contributed by atoms with Gasteiger partial charge in [0.15, 0.2) is 0 Å². The Labute approximate surface area is 179 Å². The van der Waals surface area contributed by atoms with Gasteiger partial charge in [-0.25, -0.2) is 4.79 Å². The summed E-state index contributed by atoms with van der Waals surface area (Å²) in [5, 5.41) is 2.92. The van der Waals surface area contributed by atoms with Crippen LogP contribution in [-0.2, 0) is 27.4 Å². The molecule has 0 aromatic heterocycles. The Balaban J connectivity index is 2.01. The minimum Gasteiger partial charge on any atom is -0.444 e. The van der Waals surface area contributed by atoms with Crippen molar-refractivity contribution in [3.8, 4) is 0 Å². The molecule has 0 heterocycles. The van der Waals surface area contributed by atoms with Gasteiger partial charge in [0.2, 0.25) is 0 Å². The van der Waals surface area contributed by atoms with Gasteiger partial charge in [-0.15, -0.1) is 0 Å². The lowest BCUT2D eigenvalue weighted by Crippen LogP contribution is -2.36. The molecular formula is C24H32N2O4. The number of carbonyl (C=O) groups is 2. The monoisotopic (exact) mass is 412 g/mol. The van der Waals surface area contributed by atoms with E-state index in [1.807, 2.05) is 82.3 Å². The van der Waals surface area contributed by atoms with Crippen molar-refractivity contribution in [3.63, 3.8) is 0 Å². The average molecular weight is 413 g/mol. The Kier molecular flexibility index (Phi) is 8.42. The number of hydrogen-bond acceptors (Lipinski definition) is 4. The van der Waals surface area contributed by atoms with Crippen molar-refractivity contribution in [2.24, 2.45) is 0 Å². The Bertz CT molecular complexity index is 831. The maximum Gasteiger partial charge on any atom is 0.410 e. The van der Waals surface area contributed by atoms with Crippen molar-refractivity contribution in [2.45, 2.75) is 59.5 Å². The molecule has 0 spiro atoms. The lowest BCUT2D eigenvalue weighted by molar-refractivity contribution is -0.127. The van der Waals surface area contributed by atoms with Crippen LogP contribution >= 0.6 is 0 Å². The molecule has 0 aliphatic heterocycles. The zero-order valence-corrected chi connectivity index (χ0v) is 18.5. The highest BCUT2D eigenvalue weighted by molar-refractivity contribution is 5.94. The van der Waals surface area contributed by atoms with E-state index in [2.05, 4.69) is 5.32 Å². The minimum atomic E-state index is -0.619. The zero-order valence-electron chi connectivity index (χ0n) is 18.5. The smallest absolute Gasteiger partial charge is 0.410 e. The third-order valence-corrected chi connectivity index (χ3v) is 4.38. The number of anilines is 1. The maximum absolute atomic E-state index is 12.6. The van der Waals surface area contributed by atoms with Crippen molar-refractivity contribution >= 4 is 17.7 Å². The van der Waals surface area contributed by atoms with Crippen molar-refractivity contribution in [1.29, 1.82) is 0 Å². The Morgan fingerprint density at radius 2 is 1.67 bits per heavy atom. The first-order valence-electron chi connectivity index (χ1n) is 10.2. The molecule has 162 valence electrons. The van der Waals surface area contributed by atoms with Gasteiger partial charge in [0.25, 0.3) is 5.91 Å². The number of benzene rings is 2. The SMILES string of the molecule is CCN(Cc1ccccc1NC(=O)C(C)OCc1ccccc1)C(=O)OC(C)(C)C. The van der Waals surface area contributed by atoms with Gasteiger partial charge >= 0.3 is 6.09 Å². The van der Waals surface area contributed by atoms with Crippen LogP contribution in [0.5, 0.6) is 0 Å². The van der Waals surface area contributed by atoms with E-state index in [0.29, 0.717) is 25.4 Å². The summed E-state index contributed by atoms with van der Waals surface area (Å²) < 4.78 is 11.2. The van der Waals surface area contributed by atoms with Crippen LogP contribution in [0.15, 0.2) is 54.6 Å². The summed E-state index contributed by atoms with van der Waals surface area (Å²) in [6.45, 7) is 10.3. The van der Waals surface area contributed by atoms with Crippen molar-refractivity contribution in [3.05, 3.63) is 65.7 Å². The fourth-order valence-corrected chi connectivity index (χ4v) is 2.72. The standard InChI is InChI=1S/C24H32N2O4/c1-6-26(23(28)30-24(3,4)5)16-20-14-10-11-15-21(20)25-22(27)18(2)29-17-19-12-8-7-9-13-19/h7-15,18H,6,16-17H2,1-5H3,(H,25,27). The first kappa shape index (κ1) is 23.4. The molecule has 1 unspecified atom stereocenters. The Morgan fingerprint density at radius 3 is 2.30 bits per heavy atom. The van der Waals surface area contributed by atoms with Crippen LogP contribution in [0, 0.1) is 0 Å². The lowest BCUT2D eigenvalue weighted by Gasteiger charge is -2.27. The summed E-state index contributed by atoms with van der Waals surface area (Å²) >= 11 is 0. The molecule has 0 aliphatic carbocycles. The molecule has 0 aliphatic rings. The molecule has 0 bridgehead atoms. The van der Waals surface area contributed by atoms with Gasteiger partial charge in [-0.2, -0.15) is 0 Å². The average Bonchev–Trinajstić information content (AvgIpc) is 2.70. The van der Waals surface area contributed by atoms with E-state index in [9.17, 15) is 9.59 Å². The molecule has 2 aromatic rings.